The smallest absolute Gasteiger partial charge is 0.130 e. The third-order valence-electron chi connectivity index (χ3n) is 3.70. The molecule has 3 nitrogen and oxygen atoms in total. The quantitative estimate of drug-likeness (QED) is 0.714. The number of pyridine rings is 1. The zero-order valence-electron chi connectivity index (χ0n) is 10.8. The minimum Gasteiger partial charge on any atom is -0.343 e. The second kappa shape index (κ2) is 4.49. The molecule has 0 atom stereocenters. The molecule has 0 saturated heterocycles. The molecule has 0 radical (unpaired) electrons. The molecule has 1 N–H and O–H groups in total. The lowest BCUT2D eigenvalue weighted by Crippen LogP contribution is -1.95. The maximum absolute atomic E-state index is 5.31. The molecule has 4 rings (SSSR count). The van der Waals surface area contributed by atoms with Gasteiger partial charge in [0, 0.05) is 29.3 Å². The molecular weight excluding hydrogens is 266 g/mol. The van der Waals surface area contributed by atoms with E-state index in [0.717, 1.165) is 22.5 Å². The fraction of sp³-hybridized carbons (Fsp3) is 0.188. The predicted octanol–water partition coefficient (Wildman–Crippen LogP) is 4.23. The lowest BCUT2D eigenvalue weighted by Gasteiger charge is -2.08. The average molecular weight is 279 g/mol. The van der Waals surface area contributed by atoms with Gasteiger partial charge in [0.25, 0.3) is 0 Å². The van der Waals surface area contributed by atoms with E-state index in [-0.39, 0.29) is 0 Å². The summed E-state index contributed by atoms with van der Waals surface area (Å²) >= 11 is 5.31. The van der Waals surface area contributed by atoms with Gasteiger partial charge < -0.3 is 4.98 Å². The molecule has 1 fully saturated rings. The molecule has 2 heterocycles. The highest BCUT2D eigenvalue weighted by molar-refractivity contribution is 7.71. The van der Waals surface area contributed by atoms with Crippen molar-refractivity contribution in [3.05, 3.63) is 53.2 Å². The van der Waals surface area contributed by atoms with Crippen LogP contribution < -0.4 is 0 Å². The fourth-order valence-electron chi connectivity index (χ4n) is 2.52. The van der Waals surface area contributed by atoms with Crippen LogP contribution in [0.1, 0.15) is 24.6 Å². The zero-order chi connectivity index (χ0) is 13.5. The van der Waals surface area contributed by atoms with Gasteiger partial charge >= 0.3 is 0 Å². The lowest BCUT2D eigenvalue weighted by molar-refractivity contribution is 0.924. The molecule has 1 aliphatic rings. The van der Waals surface area contributed by atoms with Crippen molar-refractivity contribution in [3.63, 3.8) is 0 Å². The van der Waals surface area contributed by atoms with Gasteiger partial charge in [0.05, 0.1) is 5.69 Å². The normalized spacial score (nSPS) is 14.6. The highest BCUT2D eigenvalue weighted by Crippen LogP contribution is 2.38. The Morgan fingerprint density at radius 2 is 2.10 bits per heavy atom. The first kappa shape index (κ1) is 11.7. The summed E-state index contributed by atoms with van der Waals surface area (Å²) < 4.78 is 0.654. The van der Waals surface area contributed by atoms with Gasteiger partial charge in [-0.05, 0) is 30.4 Å². The van der Waals surface area contributed by atoms with Gasteiger partial charge in [-0.3, -0.25) is 4.98 Å². The topological polar surface area (TPSA) is 41.6 Å². The van der Waals surface area contributed by atoms with Gasteiger partial charge in [0.2, 0.25) is 0 Å². The molecule has 3 aromatic rings. The van der Waals surface area contributed by atoms with E-state index in [4.69, 9.17) is 12.2 Å². The maximum atomic E-state index is 5.31. The molecule has 0 amide bonds. The Hall–Kier alpha value is -2.07. The number of aromatic nitrogens is 3. The number of nitrogens with zero attached hydrogens (tertiary/aromatic N) is 2. The van der Waals surface area contributed by atoms with E-state index in [9.17, 15) is 0 Å². The van der Waals surface area contributed by atoms with Crippen LogP contribution in [0.25, 0.3) is 22.0 Å². The summed E-state index contributed by atoms with van der Waals surface area (Å²) in [6.45, 7) is 0. The molecule has 1 saturated carbocycles. The van der Waals surface area contributed by atoms with Crippen molar-refractivity contribution < 1.29 is 0 Å². The summed E-state index contributed by atoms with van der Waals surface area (Å²) in [7, 11) is 0. The molecule has 1 aromatic carbocycles. The van der Waals surface area contributed by atoms with Gasteiger partial charge in [0.1, 0.15) is 10.5 Å². The predicted molar refractivity (Wildman–Crippen MR) is 82.1 cm³/mol. The SMILES string of the molecule is S=c1cc(-c2cccc3ccncc23)[nH]c(C2CC2)n1. The van der Waals surface area contributed by atoms with E-state index in [2.05, 4.69) is 33.2 Å². The molecule has 0 unspecified atom stereocenters. The Bertz CT molecular complexity index is 844. The number of hydrogen-bond acceptors (Lipinski definition) is 3. The monoisotopic (exact) mass is 279 g/mol. The second-order valence-corrected chi connectivity index (χ2v) is 5.61. The minimum atomic E-state index is 0.560. The Morgan fingerprint density at radius 3 is 2.95 bits per heavy atom. The number of fused-ring (bicyclic) bond motifs is 1. The number of benzene rings is 1. The Morgan fingerprint density at radius 1 is 1.20 bits per heavy atom. The van der Waals surface area contributed by atoms with Gasteiger partial charge in [-0.1, -0.05) is 30.4 Å². The van der Waals surface area contributed by atoms with E-state index in [0.29, 0.717) is 10.6 Å². The van der Waals surface area contributed by atoms with Crippen LogP contribution in [0.5, 0.6) is 0 Å². The van der Waals surface area contributed by atoms with Crippen molar-refractivity contribution in [1.82, 2.24) is 15.0 Å². The molecular formula is C16H13N3S. The Labute approximate surface area is 121 Å². The largest absolute Gasteiger partial charge is 0.343 e. The Kier molecular flexibility index (Phi) is 2.63. The number of rotatable bonds is 2. The third kappa shape index (κ3) is 2.02. The van der Waals surface area contributed by atoms with E-state index in [1.165, 1.54) is 18.2 Å². The van der Waals surface area contributed by atoms with E-state index in [1.807, 2.05) is 24.5 Å². The van der Waals surface area contributed by atoms with Crippen molar-refractivity contribution in [2.24, 2.45) is 0 Å². The standard InChI is InChI=1S/C16H13N3S/c20-15-8-14(18-16(19-15)11-4-5-11)12-3-1-2-10-6-7-17-9-13(10)12/h1-3,6-9,11H,4-5H2,(H,18,19,20). The Balaban J connectivity index is 1.97. The van der Waals surface area contributed by atoms with Crippen LogP contribution >= 0.6 is 12.2 Å². The summed E-state index contributed by atoms with van der Waals surface area (Å²) in [5, 5.41) is 2.31. The van der Waals surface area contributed by atoms with Crippen molar-refractivity contribution in [3.8, 4) is 11.3 Å². The average Bonchev–Trinajstić information content (AvgIpc) is 3.30. The number of hydrogen-bond donors (Lipinski definition) is 1. The lowest BCUT2D eigenvalue weighted by atomic mass is 10.0. The number of aromatic amines is 1. The summed E-state index contributed by atoms with van der Waals surface area (Å²) in [5.41, 5.74) is 2.16. The first-order valence-corrected chi connectivity index (χ1v) is 7.16. The van der Waals surface area contributed by atoms with Crippen molar-refractivity contribution in [2.75, 3.05) is 0 Å². The third-order valence-corrected chi connectivity index (χ3v) is 3.91. The van der Waals surface area contributed by atoms with E-state index >= 15 is 0 Å². The van der Waals surface area contributed by atoms with Crippen LogP contribution in [0.2, 0.25) is 0 Å². The van der Waals surface area contributed by atoms with Gasteiger partial charge in [-0.15, -0.1) is 0 Å². The van der Waals surface area contributed by atoms with Crippen LogP contribution in [0.15, 0.2) is 42.7 Å². The number of nitrogens with one attached hydrogen (secondary N) is 1. The molecule has 2 aromatic heterocycles. The zero-order valence-corrected chi connectivity index (χ0v) is 11.7. The second-order valence-electron chi connectivity index (χ2n) is 5.19. The van der Waals surface area contributed by atoms with Gasteiger partial charge in [0.15, 0.2) is 0 Å². The summed E-state index contributed by atoms with van der Waals surface area (Å²) in [4.78, 5) is 12.1. The maximum Gasteiger partial charge on any atom is 0.130 e. The van der Waals surface area contributed by atoms with Crippen LogP contribution in [0.3, 0.4) is 0 Å². The first-order valence-electron chi connectivity index (χ1n) is 6.75. The highest BCUT2D eigenvalue weighted by Gasteiger charge is 2.26. The number of H-pyrrole nitrogens is 1. The first-order chi connectivity index (χ1) is 9.81. The molecule has 0 aliphatic heterocycles. The van der Waals surface area contributed by atoms with Crippen LogP contribution in [0.4, 0.5) is 0 Å². The summed E-state index contributed by atoms with van der Waals surface area (Å²) in [6, 6.07) is 10.2. The molecule has 1 aliphatic carbocycles. The molecule has 20 heavy (non-hydrogen) atoms. The molecule has 4 heteroatoms. The highest BCUT2D eigenvalue weighted by atomic mass is 32.1. The van der Waals surface area contributed by atoms with Crippen LogP contribution in [0, 0.1) is 4.64 Å². The van der Waals surface area contributed by atoms with Gasteiger partial charge in [-0.25, -0.2) is 4.98 Å². The van der Waals surface area contributed by atoms with Crippen LogP contribution in [-0.4, -0.2) is 15.0 Å². The van der Waals surface area contributed by atoms with Crippen LogP contribution in [-0.2, 0) is 0 Å². The fourth-order valence-corrected chi connectivity index (χ4v) is 2.74. The minimum absolute atomic E-state index is 0.560. The summed E-state index contributed by atoms with van der Waals surface area (Å²) in [6.07, 6.45) is 6.13. The molecule has 0 spiro atoms. The van der Waals surface area contributed by atoms with E-state index < -0.39 is 0 Å². The van der Waals surface area contributed by atoms with E-state index in [1.54, 1.807) is 0 Å². The van der Waals surface area contributed by atoms with Gasteiger partial charge in [-0.2, -0.15) is 0 Å². The summed E-state index contributed by atoms with van der Waals surface area (Å²) in [5.74, 6) is 1.58. The van der Waals surface area contributed by atoms with Crippen molar-refractivity contribution in [2.45, 2.75) is 18.8 Å². The molecule has 98 valence electrons. The molecule has 0 bridgehead atoms. The van der Waals surface area contributed by atoms with Crippen molar-refractivity contribution in [1.29, 1.82) is 0 Å². The van der Waals surface area contributed by atoms with Crippen molar-refractivity contribution >= 4 is 23.0 Å².